The van der Waals surface area contributed by atoms with Crippen molar-refractivity contribution in [2.24, 2.45) is 0 Å². The molecule has 22 heavy (non-hydrogen) atoms. The molecule has 0 aromatic heterocycles. The molecule has 2 aromatic carbocycles. The number of aryl methyl sites for hydroxylation is 2. The molecule has 0 saturated carbocycles. The maximum absolute atomic E-state index is 12.2. The van der Waals surface area contributed by atoms with Gasteiger partial charge in [-0.2, -0.15) is 0 Å². The van der Waals surface area contributed by atoms with Crippen LogP contribution in [0.4, 0.5) is 0 Å². The number of hydrogen-bond acceptors (Lipinski definition) is 4. The molecule has 0 aliphatic heterocycles. The predicted octanol–water partition coefficient (Wildman–Crippen LogP) is 3.44. The summed E-state index contributed by atoms with van der Waals surface area (Å²) in [4.78, 5) is 24.3. The standard InChI is InChI=1S/C18H18O4/c1-11-4-7-14(8-5-11)17(20)13(3)22-18(21)15-9-6-12(2)10-16(15)19/h4-10,13,19H,1-3H3/t13-/m1/s1. The summed E-state index contributed by atoms with van der Waals surface area (Å²) >= 11 is 0. The summed E-state index contributed by atoms with van der Waals surface area (Å²) in [5.41, 5.74) is 2.41. The van der Waals surface area contributed by atoms with Crippen LogP contribution in [0.15, 0.2) is 42.5 Å². The number of phenolic OH excluding ortho intramolecular Hbond substituents is 1. The fraction of sp³-hybridized carbons (Fsp3) is 0.222. The Labute approximate surface area is 129 Å². The van der Waals surface area contributed by atoms with Crippen LogP contribution >= 0.6 is 0 Å². The maximum Gasteiger partial charge on any atom is 0.342 e. The lowest BCUT2D eigenvalue weighted by Gasteiger charge is -2.13. The van der Waals surface area contributed by atoms with Crippen LogP contribution in [0.1, 0.15) is 38.8 Å². The van der Waals surface area contributed by atoms with Gasteiger partial charge in [-0.15, -0.1) is 0 Å². The van der Waals surface area contributed by atoms with E-state index in [1.54, 1.807) is 25.1 Å². The molecule has 0 unspecified atom stereocenters. The molecule has 0 spiro atoms. The minimum Gasteiger partial charge on any atom is -0.507 e. The Bertz CT molecular complexity index is 702. The Morgan fingerprint density at radius 2 is 1.59 bits per heavy atom. The van der Waals surface area contributed by atoms with Crippen LogP contribution < -0.4 is 0 Å². The van der Waals surface area contributed by atoms with E-state index in [4.69, 9.17) is 4.74 Å². The van der Waals surface area contributed by atoms with Crippen LogP contribution in [0.5, 0.6) is 5.75 Å². The summed E-state index contributed by atoms with van der Waals surface area (Å²) in [5, 5.41) is 9.78. The molecule has 0 aliphatic carbocycles. The zero-order chi connectivity index (χ0) is 16.3. The highest BCUT2D eigenvalue weighted by molar-refractivity contribution is 6.01. The zero-order valence-electron chi connectivity index (χ0n) is 12.8. The summed E-state index contributed by atoms with van der Waals surface area (Å²) < 4.78 is 5.16. The van der Waals surface area contributed by atoms with Crippen molar-refractivity contribution in [2.75, 3.05) is 0 Å². The van der Waals surface area contributed by atoms with Crippen molar-refractivity contribution in [3.05, 3.63) is 64.7 Å². The van der Waals surface area contributed by atoms with E-state index < -0.39 is 12.1 Å². The van der Waals surface area contributed by atoms with Crippen molar-refractivity contribution >= 4 is 11.8 Å². The van der Waals surface area contributed by atoms with E-state index in [9.17, 15) is 14.7 Å². The van der Waals surface area contributed by atoms with E-state index in [2.05, 4.69) is 0 Å². The highest BCUT2D eigenvalue weighted by atomic mass is 16.5. The van der Waals surface area contributed by atoms with Crippen molar-refractivity contribution < 1.29 is 19.4 Å². The number of phenols is 1. The minimum absolute atomic E-state index is 0.0501. The first-order valence-corrected chi connectivity index (χ1v) is 7.00. The summed E-state index contributed by atoms with van der Waals surface area (Å²) in [6.45, 7) is 5.25. The number of carbonyl (C=O) groups is 2. The van der Waals surface area contributed by atoms with Gasteiger partial charge in [0.15, 0.2) is 6.10 Å². The van der Waals surface area contributed by atoms with Gasteiger partial charge in [0.2, 0.25) is 5.78 Å². The lowest BCUT2D eigenvalue weighted by Crippen LogP contribution is -2.24. The van der Waals surface area contributed by atoms with Gasteiger partial charge in [0.25, 0.3) is 0 Å². The minimum atomic E-state index is -0.920. The highest BCUT2D eigenvalue weighted by Crippen LogP contribution is 2.20. The third-order valence-corrected chi connectivity index (χ3v) is 3.36. The predicted molar refractivity (Wildman–Crippen MR) is 83.2 cm³/mol. The quantitative estimate of drug-likeness (QED) is 0.693. The molecule has 2 rings (SSSR count). The topological polar surface area (TPSA) is 63.6 Å². The molecular weight excluding hydrogens is 280 g/mol. The first-order chi connectivity index (χ1) is 10.4. The van der Waals surface area contributed by atoms with Gasteiger partial charge in [0.05, 0.1) is 0 Å². The van der Waals surface area contributed by atoms with Crippen LogP contribution in [0.25, 0.3) is 0 Å². The van der Waals surface area contributed by atoms with E-state index in [1.807, 2.05) is 19.1 Å². The summed E-state index contributed by atoms with van der Waals surface area (Å²) in [7, 11) is 0. The van der Waals surface area contributed by atoms with Gasteiger partial charge in [-0.25, -0.2) is 4.79 Å². The molecule has 0 heterocycles. The summed E-state index contributed by atoms with van der Waals surface area (Å²) in [6, 6.07) is 11.7. The van der Waals surface area contributed by atoms with Crippen molar-refractivity contribution in [1.29, 1.82) is 0 Å². The molecule has 0 bridgehead atoms. The molecule has 0 amide bonds. The average molecular weight is 298 g/mol. The second-order valence-electron chi connectivity index (χ2n) is 5.30. The fourth-order valence-electron chi connectivity index (χ4n) is 2.04. The van der Waals surface area contributed by atoms with E-state index in [-0.39, 0.29) is 17.1 Å². The first-order valence-electron chi connectivity index (χ1n) is 7.00. The van der Waals surface area contributed by atoms with Crippen LogP contribution in [0, 0.1) is 13.8 Å². The molecule has 0 aliphatic rings. The highest BCUT2D eigenvalue weighted by Gasteiger charge is 2.21. The van der Waals surface area contributed by atoms with Gasteiger partial charge in [-0.3, -0.25) is 4.79 Å². The number of ketones is 1. The number of carbonyl (C=O) groups excluding carboxylic acids is 2. The van der Waals surface area contributed by atoms with Crippen molar-refractivity contribution in [1.82, 2.24) is 0 Å². The lowest BCUT2D eigenvalue weighted by atomic mass is 10.1. The Hall–Kier alpha value is -2.62. The molecular formula is C18H18O4. The van der Waals surface area contributed by atoms with Crippen LogP contribution in [-0.2, 0) is 4.74 Å². The zero-order valence-corrected chi connectivity index (χ0v) is 12.8. The first kappa shape index (κ1) is 15.8. The molecule has 0 fully saturated rings. The average Bonchev–Trinajstić information content (AvgIpc) is 2.47. The Morgan fingerprint density at radius 3 is 2.18 bits per heavy atom. The number of esters is 1. The summed E-state index contributed by atoms with van der Waals surface area (Å²) in [6.07, 6.45) is -0.920. The summed E-state index contributed by atoms with van der Waals surface area (Å²) in [5.74, 6) is -1.15. The van der Waals surface area contributed by atoms with Gasteiger partial charge in [-0.1, -0.05) is 35.9 Å². The fourth-order valence-corrected chi connectivity index (χ4v) is 2.04. The van der Waals surface area contributed by atoms with Gasteiger partial charge in [-0.05, 0) is 38.5 Å². The Morgan fingerprint density at radius 1 is 1.00 bits per heavy atom. The SMILES string of the molecule is Cc1ccc(C(=O)[C@@H](C)OC(=O)c2ccc(C)cc2O)cc1. The number of aromatic hydroxyl groups is 1. The van der Waals surface area contributed by atoms with Crippen LogP contribution in [0.2, 0.25) is 0 Å². The third kappa shape index (κ3) is 3.52. The van der Waals surface area contributed by atoms with E-state index in [0.29, 0.717) is 5.56 Å². The molecule has 4 heteroatoms. The molecule has 0 radical (unpaired) electrons. The Balaban J connectivity index is 2.10. The van der Waals surface area contributed by atoms with Gasteiger partial charge in [0, 0.05) is 5.56 Å². The van der Waals surface area contributed by atoms with E-state index >= 15 is 0 Å². The molecule has 2 aromatic rings. The van der Waals surface area contributed by atoms with Gasteiger partial charge < -0.3 is 9.84 Å². The van der Waals surface area contributed by atoms with Crippen molar-refractivity contribution in [2.45, 2.75) is 26.9 Å². The molecule has 1 N–H and O–H groups in total. The maximum atomic E-state index is 12.2. The third-order valence-electron chi connectivity index (χ3n) is 3.36. The van der Waals surface area contributed by atoms with Crippen LogP contribution in [0.3, 0.4) is 0 Å². The molecule has 114 valence electrons. The lowest BCUT2D eigenvalue weighted by molar-refractivity contribution is 0.0316. The number of hydrogen-bond donors (Lipinski definition) is 1. The second kappa shape index (κ2) is 6.43. The van der Waals surface area contributed by atoms with Gasteiger partial charge >= 0.3 is 5.97 Å². The van der Waals surface area contributed by atoms with Crippen LogP contribution in [-0.4, -0.2) is 23.0 Å². The monoisotopic (exact) mass is 298 g/mol. The van der Waals surface area contributed by atoms with Crippen molar-refractivity contribution in [3.8, 4) is 5.75 Å². The molecule has 0 saturated heterocycles. The number of benzene rings is 2. The molecule has 4 nitrogen and oxygen atoms in total. The number of ether oxygens (including phenoxy) is 1. The second-order valence-corrected chi connectivity index (χ2v) is 5.30. The largest absolute Gasteiger partial charge is 0.507 e. The number of Topliss-reactive ketones (excluding diaryl/α,β-unsaturated/α-hetero) is 1. The van der Waals surface area contributed by atoms with E-state index in [1.165, 1.54) is 19.1 Å². The molecule has 1 atom stereocenters. The number of rotatable bonds is 4. The smallest absolute Gasteiger partial charge is 0.342 e. The van der Waals surface area contributed by atoms with E-state index in [0.717, 1.165) is 11.1 Å². The van der Waals surface area contributed by atoms with Gasteiger partial charge in [0.1, 0.15) is 11.3 Å². The normalized spacial score (nSPS) is 11.8. The van der Waals surface area contributed by atoms with Crippen molar-refractivity contribution in [3.63, 3.8) is 0 Å². The Kier molecular flexibility index (Phi) is 4.61.